The van der Waals surface area contributed by atoms with E-state index >= 15 is 0 Å². The zero-order valence-electron chi connectivity index (χ0n) is 10.8. The first kappa shape index (κ1) is 15.4. The van der Waals surface area contributed by atoms with Gasteiger partial charge in [0.25, 0.3) is 0 Å². The Bertz CT molecular complexity index is 480. The number of hydrogen-bond donors (Lipinski definition) is 0. The summed E-state index contributed by atoms with van der Waals surface area (Å²) in [7, 11) is 0. The van der Waals surface area contributed by atoms with Crippen molar-refractivity contribution in [3.8, 4) is 0 Å². The lowest BCUT2D eigenvalue weighted by atomic mass is 9.78. The van der Waals surface area contributed by atoms with Gasteiger partial charge in [0.2, 0.25) is 0 Å². The van der Waals surface area contributed by atoms with Gasteiger partial charge in [-0.2, -0.15) is 13.2 Å². The summed E-state index contributed by atoms with van der Waals surface area (Å²) in [5, 5.41) is 3.88. The molecule has 1 aliphatic carbocycles. The number of halogens is 4. The van der Waals surface area contributed by atoms with Gasteiger partial charge >= 0.3 is 6.18 Å². The van der Waals surface area contributed by atoms with Crippen molar-refractivity contribution >= 4 is 21.6 Å². The number of oxime groups is 1. The van der Waals surface area contributed by atoms with Gasteiger partial charge in [0.05, 0.1) is 5.71 Å². The molecule has 2 nitrogen and oxygen atoms in total. The number of benzene rings is 1. The summed E-state index contributed by atoms with van der Waals surface area (Å²) in [4.78, 5) is 4.92. The predicted octanol–water partition coefficient (Wildman–Crippen LogP) is 5.04. The Balaban J connectivity index is 1.67. The van der Waals surface area contributed by atoms with Crippen LogP contribution in [0.1, 0.15) is 37.2 Å². The molecule has 0 heterocycles. The lowest BCUT2D eigenvalue weighted by Crippen LogP contribution is -2.22. The molecule has 20 heavy (non-hydrogen) atoms. The van der Waals surface area contributed by atoms with Gasteiger partial charge < -0.3 is 4.84 Å². The summed E-state index contributed by atoms with van der Waals surface area (Å²) in [6.07, 6.45) is -3.35. The highest BCUT2D eigenvalue weighted by molar-refractivity contribution is 9.10. The fourth-order valence-electron chi connectivity index (χ4n) is 2.05. The summed E-state index contributed by atoms with van der Waals surface area (Å²) >= 11 is 3.43. The van der Waals surface area contributed by atoms with E-state index in [0.29, 0.717) is 5.92 Å². The molecule has 0 aromatic heterocycles. The van der Waals surface area contributed by atoms with Gasteiger partial charge in [0.1, 0.15) is 6.61 Å². The van der Waals surface area contributed by atoms with Crippen molar-refractivity contribution in [3.05, 3.63) is 34.3 Å². The molecule has 0 bridgehead atoms. The van der Waals surface area contributed by atoms with Crippen LogP contribution in [0.25, 0.3) is 0 Å². The summed E-state index contributed by atoms with van der Waals surface area (Å²) in [6, 6.07) is 8.10. The van der Waals surface area contributed by atoms with Crippen molar-refractivity contribution in [1.29, 1.82) is 0 Å². The van der Waals surface area contributed by atoms with E-state index in [1.165, 1.54) is 5.56 Å². The molecule has 0 unspecified atom stereocenters. The van der Waals surface area contributed by atoms with Crippen molar-refractivity contribution in [3.63, 3.8) is 0 Å². The Hall–Kier alpha value is -1.04. The molecule has 0 amide bonds. The van der Waals surface area contributed by atoms with Crippen molar-refractivity contribution in [1.82, 2.24) is 0 Å². The fourth-order valence-corrected chi connectivity index (χ4v) is 2.47. The molecule has 1 aromatic carbocycles. The Morgan fingerprint density at radius 3 is 2.70 bits per heavy atom. The van der Waals surface area contributed by atoms with Gasteiger partial charge in [-0.1, -0.05) is 33.2 Å². The number of hydrogen-bond acceptors (Lipinski definition) is 2. The van der Waals surface area contributed by atoms with Crippen molar-refractivity contribution < 1.29 is 18.0 Å². The third-order valence-electron chi connectivity index (χ3n) is 3.17. The molecular formula is C14H15BrF3NO. The molecule has 2 rings (SSSR count). The molecular weight excluding hydrogens is 335 g/mol. The van der Waals surface area contributed by atoms with E-state index in [2.05, 4.69) is 33.2 Å². The first-order chi connectivity index (χ1) is 9.44. The highest BCUT2D eigenvalue weighted by Gasteiger charge is 2.28. The van der Waals surface area contributed by atoms with Crippen molar-refractivity contribution in [2.75, 3.05) is 6.61 Å². The van der Waals surface area contributed by atoms with Crippen LogP contribution in [-0.2, 0) is 4.84 Å². The molecule has 0 spiro atoms. The maximum atomic E-state index is 11.9. The molecule has 1 aromatic rings. The molecule has 6 heteroatoms. The molecule has 1 fully saturated rings. The van der Waals surface area contributed by atoms with Crippen LogP contribution in [0.3, 0.4) is 0 Å². The molecule has 1 aliphatic rings. The standard InChI is InChI=1S/C14H15BrF3NO/c15-12-4-1-3-10(7-12)11-8-13(9-11)19-20-6-2-5-14(16,17)18/h1,3-4,7,11H,2,5-6,8-9H2. The van der Waals surface area contributed by atoms with Crippen molar-refractivity contribution in [2.45, 2.75) is 37.8 Å². The van der Waals surface area contributed by atoms with Crippen LogP contribution in [-0.4, -0.2) is 18.5 Å². The SMILES string of the molecule is FC(F)(F)CCCON=C1CC(c2cccc(Br)c2)C1. The quantitative estimate of drug-likeness (QED) is 0.538. The van der Waals surface area contributed by atoms with Crippen LogP contribution < -0.4 is 0 Å². The van der Waals surface area contributed by atoms with Crippen LogP contribution in [0, 0.1) is 0 Å². The van der Waals surface area contributed by atoms with E-state index in [4.69, 9.17) is 4.84 Å². The highest BCUT2D eigenvalue weighted by atomic mass is 79.9. The third kappa shape index (κ3) is 4.81. The van der Waals surface area contributed by atoms with E-state index in [9.17, 15) is 13.2 Å². The van der Waals surface area contributed by atoms with Gasteiger partial charge in [-0.3, -0.25) is 0 Å². The van der Waals surface area contributed by atoms with Gasteiger partial charge in [-0.05, 0) is 42.9 Å². The van der Waals surface area contributed by atoms with Crippen LogP contribution in [0.4, 0.5) is 13.2 Å². The van der Waals surface area contributed by atoms with Gasteiger partial charge in [-0.15, -0.1) is 0 Å². The lowest BCUT2D eigenvalue weighted by molar-refractivity contribution is -0.137. The molecule has 0 atom stereocenters. The highest BCUT2D eigenvalue weighted by Crippen LogP contribution is 2.35. The molecule has 0 aliphatic heterocycles. The monoisotopic (exact) mass is 349 g/mol. The van der Waals surface area contributed by atoms with Gasteiger partial charge in [-0.25, -0.2) is 0 Å². The molecule has 0 N–H and O–H groups in total. The average molecular weight is 350 g/mol. The molecule has 1 saturated carbocycles. The van der Waals surface area contributed by atoms with E-state index in [-0.39, 0.29) is 13.0 Å². The number of nitrogens with zero attached hydrogens (tertiary/aromatic N) is 1. The summed E-state index contributed by atoms with van der Waals surface area (Å²) < 4.78 is 36.7. The second-order valence-electron chi connectivity index (χ2n) is 4.87. The first-order valence-electron chi connectivity index (χ1n) is 6.44. The largest absolute Gasteiger partial charge is 0.396 e. The average Bonchev–Trinajstić information content (AvgIpc) is 2.29. The second-order valence-corrected chi connectivity index (χ2v) is 5.79. The normalized spacial score (nSPS) is 18.6. The van der Waals surface area contributed by atoms with Crippen molar-refractivity contribution in [2.24, 2.45) is 5.16 Å². The maximum absolute atomic E-state index is 11.9. The zero-order chi connectivity index (χ0) is 14.6. The number of rotatable bonds is 5. The fraction of sp³-hybridized carbons (Fsp3) is 0.500. The van der Waals surface area contributed by atoms with Crippen LogP contribution in [0.15, 0.2) is 33.9 Å². The second kappa shape index (κ2) is 6.61. The summed E-state index contributed by atoms with van der Waals surface area (Å²) in [5.74, 6) is 0.435. The topological polar surface area (TPSA) is 21.6 Å². The Labute approximate surface area is 124 Å². The van der Waals surface area contributed by atoms with E-state index in [0.717, 1.165) is 23.0 Å². The Morgan fingerprint density at radius 1 is 1.30 bits per heavy atom. The Kier molecular flexibility index (Phi) is 5.07. The van der Waals surface area contributed by atoms with Crippen LogP contribution in [0.2, 0.25) is 0 Å². The minimum absolute atomic E-state index is 0.0184. The number of alkyl halides is 3. The van der Waals surface area contributed by atoms with E-state index < -0.39 is 12.6 Å². The van der Waals surface area contributed by atoms with Crippen LogP contribution in [0.5, 0.6) is 0 Å². The van der Waals surface area contributed by atoms with Crippen LogP contribution >= 0.6 is 15.9 Å². The smallest absolute Gasteiger partial charge is 0.389 e. The maximum Gasteiger partial charge on any atom is 0.389 e. The summed E-state index contributed by atoms with van der Waals surface area (Å²) in [6.45, 7) is 0.0184. The Morgan fingerprint density at radius 2 is 2.05 bits per heavy atom. The van der Waals surface area contributed by atoms with E-state index in [1.807, 2.05) is 12.1 Å². The predicted molar refractivity (Wildman–Crippen MR) is 74.8 cm³/mol. The summed E-state index contributed by atoms with van der Waals surface area (Å²) in [5.41, 5.74) is 2.16. The zero-order valence-corrected chi connectivity index (χ0v) is 12.4. The lowest BCUT2D eigenvalue weighted by Gasteiger charge is -2.27. The van der Waals surface area contributed by atoms with Gasteiger partial charge in [0, 0.05) is 10.9 Å². The van der Waals surface area contributed by atoms with Gasteiger partial charge in [0.15, 0.2) is 0 Å². The minimum Gasteiger partial charge on any atom is -0.396 e. The molecule has 0 radical (unpaired) electrons. The molecule has 110 valence electrons. The minimum atomic E-state index is -4.11. The van der Waals surface area contributed by atoms with E-state index in [1.54, 1.807) is 0 Å². The molecule has 0 saturated heterocycles. The third-order valence-corrected chi connectivity index (χ3v) is 3.67. The first-order valence-corrected chi connectivity index (χ1v) is 7.23.